The summed E-state index contributed by atoms with van der Waals surface area (Å²) in [5.41, 5.74) is 0.402. The molecule has 1 heterocycles. The summed E-state index contributed by atoms with van der Waals surface area (Å²) in [5.74, 6) is -1.40. The summed E-state index contributed by atoms with van der Waals surface area (Å²) in [6, 6.07) is 0.705. The maximum absolute atomic E-state index is 12.2. The average molecular weight is 301 g/mol. The topological polar surface area (TPSA) is 71.3 Å². The Morgan fingerprint density at radius 2 is 2.10 bits per heavy atom. The SMILES string of the molecule is CCCCC(NC(=O)c1cc(Cl)cn1CCC)C(=O)O. The normalized spacial score (nSPS) is 12.2. The van der Waals surface area contributed by atoms with Crippen molar-refractivity contribution in [1.82, 2.24) is 9.88 Å². The van der Waals surface area contributed by atoms with Crippen LogP contribution in [-0.2, 0) is 11.3 Å². The number of unbranched alkanes of at least 4 members (excludes halogenated alkanes) is 1. The van der Waals surface area contributed by atoms with Gasteiger partial charge in [0.15, 0.2) is 0 Å². The van der Waals surface area contributed by atoms with Crippen molar-refractivity contribution in [3.63, 3.8) is 0 Å². The quantitative estimate of drug-likeness (QED) is 0.775. The zero-order valence-electron chi connectivity index (χ0n) is 11.9. The fourth-order valence-corrected chi connectivity index (χ4v) is 2.21. The van der Waals surface area contributed by atoms with Gasteiger partial charge in [-0.05, 0) is 18.9 Å². The molecule has 0 saturated carbocycles. The molecule has 0 aliphatic heterocycles. The van der Waals surface area contributed by atoms with Crippen molar-refractivity contribution in [2.24, 2.45) is 0 Å². The number of amides is 1. The molecule has 5 nitrogen and oxygen atoms in total. The van der Waals surface area contributed by atoms with Gasteiger partial charge in [0.25, 0.3) is 5.91 Å². The van der Waals surface area contributed by atoms with Crippen LogP contribution in [-0.4, -0.2) is 27.6 Å². The van der Waals surface area contributed by atoms with E-state index >= 15 is 0 Å². The van der Waals surface area contributed by atoms with Crippen molar-refractivity contribution in [3.05, 3.63) is 23.0 Å². The molecule has 0 aliphatic rings. The lowest BCUT2D eigenvalue weighted by atomic mass is 10.1. The van der Waals surface area contributed by atoms with E-state index in [-0.39, 0.29) is 0 Å². The fourth-order valence-electron chi connectivity index (χ4n) is 1.99. The zero-order chi connectivity index (χ0) is 15.1. The standard InChI is InChI=1S/C14H21ClN2O3/c1-3-5-6-11(14(19)20)16-13(18)12-8-10(15)9-17(12)7-4-2/h8-9,11H,3-7H2,1-2H3,(H,16,18)(H,19,20). The smallest absolute Gasteiger partial charge is 0.326 e. The predicted octanol–water partition coefficient (Wildman–Crippen LogP) is 2.92. The largest absolute Gasteiger partial charge is 0.480 e. The summed E-state index contributed by atoms with van der Waals surface area (Å²) >= 11 is 5.91. The highest BCUT2D eigenvalue weighted by molar-refractivity contribution is 6.31. The number of aliphatic carboxylic acids is 1. The van der Waals surface area contributed by atoms with Crippen LogP contribution in [0.25, 0.3) is 0 Å². The summed E-state index contributed by atoms with van der Waals surface area (Å²) in [5, 5.41) is 12.2. The van der Waals surface area contributed by atoms with Gasteiger partial charge in [0.05, 0.1) is 5.02 Å². The molecule has 1 aromatic heterocycles. The van der Waals surface area contributed by atoms with Gasteiger partial charge < -0.3 is 15.0 Å². The van der Waals surface area contributed by atoms with Gasteiger partial charge >= 0.3 is 5.97 Å². The molecule has 112 valence electrons. The van der Waals surface area contributed by atoms with Crippen molar-refractivity contribution in [2.45, 2.75) is 52.1 Å². The van der Waals surface area contributed by atoms with E-state index in [1.807, 2.05) is 13.8 Å². The summed E-state index contributed by atoms with van der Waals surface area (Å²) in [6.07, 6.45) is 4.62. The van der Waals surface area contributed by atoms with Gasteiger partial charge in [0.1, 0.15) is 11.7 Å². The van der Waals surface area contributed by atoms with Crippen LogP contribution in [0.15, 0.2) is 12.3 Å². The van der Waals surface area contributed by atoms with E-state index in [0.29, 0.717) is 23.7 Å². The molecule has 0 saturated heterocycles. The Labute approximate surface area is 123 Å². The Bertz CT molecular complexity index is 471. The third kappa shape index (κ3) is 4.56. The molecule has 0 radical (unpaired) electrons. The number of nitrogens with zero attached hydrogens (tertiary/aromatic N) is 1. The maximum atomic E-state index is 12.2. The van der Waals surface area contributed by atoms with Crippen LogP contribution in [0.3, 0.4) is 0 Å². The minimum atomic E-state index is -1.01. The first-order valence-corrected chi connectivity index (χ1v) is 7.26. The number of hydrogen-bond donors (Lipinski definition) is 2. The van der Waals surface area contributed by atoms with Crippen molar-refractivity contribution in [3.8, 4) is 0 Å². The number of nitrogens with one attached hydrogen (secondary N) is 1. The molecule has 0 aliphatic carbocycles. The molecule has 1 aromatic rings. The molecular weight excluding hydrogens is 280 g/mol. The lowest BCUT2D eigenvalue weighted by molar-refractivity contribution is -0.139. The molecular formula is C14H21ClN2O3. The van der Waals surface area contributed by atoms with Gasteiger partial charge in [-0.2, -0.15) is 0 Å². The van der Waals surface area contributed by atoms with E-state index in [1.165, 1.54) is 0 Å². The Morgan fingerprint density at radius 1 is 1.40 bits per heavy atom. The van der Waals surface area contributed by atoms with E-state index in [9.17, 15) is 9.59 Å². The number of aromatic nitrogens is 1. The van der Waals surface area contributed by atoms with E-state index in [0.717, 1.165) is 19.3 Å². The van der Waals surface area contributed by atoms with E-state index in [1.54, 1.807) is 16.8 Å². The first kappa shape index (κ1) is 16.6. The van der Waals surface area contributed by atoms with Crippen LogP contribution < -0.4 is 5.32 Å². The number of halogens is 1. The Kier molecular flexibility index (Phi) is 6.58. The molecule has 0 spiro atoms. The molecule has 0 bridgehead atoms. The second kappa shape index (κ2) is 7.94. The van der Waals surface area contributed by atoms with Gasteiger partial charge in [0, 0.05) is 12.7 Å². The molecule has 0 aromatic carbocycles. The summed E-state index contributed by atoms with van der Waals surface area (Å²) < 4.78 is 1.75. The number of hydrogen-bond acceptors (Lipinski definition) is 2. The number of carbonyl (C=O) groups excluding carboxylic acids is 1. The molecule has 1 rings (SSSR count). The van der Waals surface area contributed by atoms with E-state index < -0.39 is 17.9 Å². The molecule has 1 amide bonds. The lowest BCUT2D eigenvalue weighted by Crippen LogP contribution is -2.41. The highest BCUT2D eigenvalue weighted by Crippen LogP contribution is 2.15. The van der Waals surface area contributed by atoms with Crippen molar-refractivity contribution >= 4 is 23.5 Å². The van der Waals surface area contributed by atoms with E-state index in [2.05, 4.69) is 5.32 Å². The zero-order valence-corrected chi connectivity index (χ0v) is 12.6. The summed E-state index contributed by atoms with van der Waals surface area (Å²) in [7, 11) is 0. The molecule has 20 heavy (non-hydrogen) atoms. The second-order valence-corrected chi connectivity index (χ2v) is 5.18. The molecule has 0 fully saturated rings. The minimum Gasteiger partial charge on any atom is -0.480 e. The third-order valence-electron chi connectivity index (χ3n) is 3.01. The molecule has 6 heteroatoms. The van der Waals surface area contributed by atoms with Crippen LogP contribution in [0.1, 0.15) is 50.0 Å². The number of carboxylic acids is 1. The summed E-state index contributed by atoms with van der Waals surface area (Å²) in [6.45, 7) is 4.64. The second-order valence-electron chi connectivity index (χ2n) is 4.74. The lowest BCUT2D eigenvalue weighted by Gasteiger charge is -2.15. The van der Waals surface area contributed by atoms with Gasteiger partial charge in [-0.25, -0.2) is 4.79 Å². The van der Waals surface area contributed by atoms with Gasteiger partial charge in [-0.15, -0.1) is 0 Å². The van der Waals surface area contributed by atoms with Crippen LogP contribution >= 0.6 is 11.6 Å². The first-order chi connectivity index (χ1) is 9.49. The number of aryl methyl sites for hydroxylation is 1. The predicted molar refractivity (Wildman–Crippen MR) is 78.1 cm³/mol. The summed E-state index contributed by atoms with van der Waals surface area (Å²) in [4.78, 5) is 23.3. The van der Waals surface area contributed by atoms with Gasteiger partial charge in [-0.1, -0.05) is 38.3 Å². The van der Waals surface area contributed by atoms with Crippen LogP contribution in [0.4, 0.5) is 0 Å². The monoisotopic (exact) mass is 300 g/mol. The van der Waals surface area contributed by atoms with Crippen molar-refractivity contribution < 1.29 is 14.7 Å². The molecule has 2 N–H and O–H groups in total. The number of rotatable bonds is 8. The van der Waals surface area contributed by atoms with Crippen LogP contribution in [0.5, 0.6) is 0 Å². The van der Waals surface area contributed by atoms with Crippen LogP contribution in [0.2, 0.25) is 5.02 Å². The average Bonchev–Trinajstić information content (AvgIpc) is 2.75. The Balaban J connectivity index is 2.80. The Morgan fingerprint density at radius 3 is 2.65 bits per heavy atom. The van der Waals surface area contributed by atoms with Crippen LogP contribution in [0, 0.1) is 0 Å². The fraction of sp³-hybridized carbons (Fsp3) is 0.571. The molecule has 1 unspecified atom stereocenters. The van der Waals surface area contributed by atoms with E-state index in [4.69, 9.17) is 16.7 Å². The van der Waals surface area contributed by atoms with Gasteiger partial charge in [0.2, 0.25) is 0 Å². The minimum absolute atomic E-state index is 0.395. The number of carboxylic acid groups (broad SMARTS) is 1. The van der Waals surface area contributed by atoms with Crippen molar-refractivity contribution in [1.29, 1.82) is 0 Å². The third-order valence-corrected chi connectivity index (χ3v) is 3.22. The highest BCUT2D eigenvalue weighted by atomic mass is 35.5. The maximum Gasteiger partial charge on any atom is 0.326 e. The Hall–Kier alpha value is -1.49. The number of carbonyl (C=O) groups is 2. The molecule has 1 atom stereocenters. The van der Waals surface area contributed by atoms with Gasteiger partial charge in [-0.3, -0.25) is 4.79 Å². The highest BCUT2D eigenvalue weighted by Gasteiger charge is 2.22. The van der Waals surface area contributed by atoms with Crippen molar-refractivity contribution in [2.75, 3.05) is 0 Å². The first-order valence-electron chi connectivity index (χ1n) is 6.88.